The molecule has 122 valence electrons. The van der Waals surface area contributed by atoms with Gasteiger partial charge in [-0.2, -0.15) is 11.8 Å². The normalized spacial score (nSPS) is 17.2. The molecular weight excluding hydrogens is 335 g/mol. The first-order chi connectivity index (χ1) is 11.2. The maximum Gasteiger partial charge on any atom is 0.233 e. The highest BCUT2D eigenvalue weighted by Crippen LogP contribution is 2.21. The molecule has 1 aromatic heterocycles. The third kappa shape index (κ3) is 3.90. The topological polar surface area (TPSA) is 26.5 Å². The van der Waals surface area contributed by atoms with Crippen LogP contribution in [-0.4, -0.2) is 34.6 Å². The molecule has 0 saturated heterocycles. The number of aromatic nitrogens is 1. The van der Waals surface area contributed by atoms with Crippen LogP contribution in [0.25, 0.3) is 0 Å². The minimum absolute atomic E-state index is 0.215. The lowest BCUT2D eigenvalue weighted by Crippen LogP contribution is -2.11. The van der Waals surface area contributed by atoms with Gasteiger partial charge in [-0.05, 0) is 35.6 Å². The number of rotatable bonds is 6. The summed E-state index contributed by atoms with van der Waals surface area (Å²) in [4.78, 5) is 4.67. The second-order valence-corrected chi connectivity index (χ2v) is 7.04. The summed E-state index contributed by atoms with van der Waals surface area (Å²) in [6.07, 6.45) is 1.95. The third-order valence-electron chi connectivity index (χ3n) is 3.63. The average molecular weight is 353 g/mol. The molecule has 0 radical (unpaired) electrons. The highest BCUT2D eigenvalue weighted by molar-refractivity contribution is 7.99. The highest BCUT2D eigenvalue weighted by Gasteiger charge is 2.22. The molecule has 6 heteroatoms. The van der Waals surface area contributed by atoms with Crippen LogP contribution in [0.15, 0.2) is 41.5 Å². The summed E-state index contributed by atoms with van der Waals surface area (Å²) in [5.41, 5.74) is 1.79. The predicted molar refractivity (Wildman–Crippen MR) is 94.2 cm³/mol. The number of nitrogens with zero attached hydrogens (tertiary/aromatic N) is 2. The summed E-state index contributed by atoms with van der Waals surface area (Å²) in [5, 5.41) is 0.427. The molecule has 1 atom stereocenters. The van der Waals surface area contributed by atoms with Crippen molar-refractivity contribution >= 4 is 29.3 Å². The zero-order valence-electron chi connectivity index (χ0n) is 12.8. The number of hydrogen-bond donors (Lipinski definition) is 0. The van der Waals surface area contributed by atoms with Crippen LogP contribution in [0.3, 0.4) is 0 Å². The Morgan fingerprint density at radius 1 is 1.43 bits per heavy atom. The molecule has 2 aromatic rings. The summed E-state index contributed by atoms with van der Waals surface area (Å²) < 4.78 is 20.9. The van der Waals surface area contributed by atoms with Gasteiger partial charge in [0.25, 0.3) is 0 Å². The zero-order valence-corrected chi connectivity index (χ0v) is 14.4. The Morgan fingerprint density at radius 3 is 3.09 bits per heavy atom. The molecule has 23 heavy (non-hydrogen) atoms. The molecule has 3 rings (SSSR count). The van der Waals surface area contributed by atoms with Gasteiger partial charge in [0.2, 0.25) is 5.90 Å². The standard InChI is InChI=1S/C17H18ClFN2OS/c1-2-23-11-14-10-22-17(20-14)16-4-3-7-21(16)9-12-5-6-13(19)8-15(12)18/h3-8,14H,2,9-11H2,1H3/t14-/m0/s1. The average Bonchev–Trinajstić information content (AvgIpc) is 3.16. The molecule has 0 saturated carbocycles. The van der Waals surface area contributed by atoms with Crippen molar-refractivity contribution in [3.05, 3.63) is 58.6 Å². The van der Waals surface area contributed by atoms with Crippen LogP contribution >= 0.6 is 23.4 Å². The van der Waals surface area contributed by atoms with E-state index in [1.807, 2.05) is 34.7 Å². The van der Waals surface area contributed by atoms with Crippen LogP contribution in [0.1, 0.15) is 18.2 Å². The Bertz CT molecular complexity index is 716. The van der Waals surface area contributed by atoms with E-state index in [-0.39, 0.29) is 11.9 Å². The smallest absolute Gasteiger partial charge is 0.233 e. The van der Waals surface area contributed by atoms with Gasteiger partial charge < -0.3 is 9.30 Å². The van der Waals surface area contributed by atoms with E-state index in [2.05, 4.69) is 11.9 Å². The molecule has 3 nitrogen and oxygen atoms in total. The Kier molecular flexibility index (Phi) is 5.28. The van der Waals surface area contributed by atoms with E-state index in [1.165, 1.54) is 12.1 Å². The van der Waals surface area contributed by atoms with E-state index < -0.39 is 0 Å². The van der Waals surface area contributed by atoms with Crippen molar-refractivity contribution in [3.63, 3.8) is 0 Å². The molecule has 0 bridgehead atoms. The third-order valence-corrected chi connectivity index (χ3v) is 5.01. The zero-order chi connectivity index (χ0) is 16.2. The lowest BCUT2D eigenvalue weighted by Gasteiger charge is -2.10. The van der Waals surface area contributed by atoms with Gasteiger partial charge in [-0.25, -0.2) is 9.38 Å². The van der Waals surface area contributed by atoms with Gasteiger partial charge in [-0.3, -0.25) is 0 Å². The summed E-state index contributed by atoms with van der Waals surface area (Å²) in [6.45, 7) is 3.33. The minimum atomic E-state index is -0.328. The van der Waals surface area contributed by atoms with Crippen LogP contribution < -0.4 is 0 Å². The van der Waals surface area contributed by atoms with Gasteiger partial charge in [0.1, 0.15) is 18.1 Å². The van der Waals surface area contributed by atoms with Crippen LogP contribution in [0.4, 0.5) is 4.39 Å². The number of hydrogen-bond acceptors (Lipinski definition) is 3. The number of ether oxygens (including phenoxy) is 1. The van der Waals surface area contributed by atoms with E-state index >= 15 is 0 Å². The number of benzene rings is 1. The molecular formula is C17H18ClFN2OS. The molecule has 1 aromatic carbocycles. The Labute approximate surface area is 144 Å². The van der Waals surface area contributed by atoms with Crippen molar-refractivity contribution < 1.29 is 9.13 Å². The highest BCUT2D eigenvalue weighted by atomic mass is 35.5. The lowest BCUT2D eigenvalue weighted by atomic mass is 10.2. The van der Waals surface area contributed by atoms with Crippen molar-refractivity contribution in [1.29, 1.82) is 0 Å². The van der Waals surface area contributed by atoms with Gasteiger partial charge >= 0.3 is 0 Å². The fourth-order valence-electron chi connectivity index (χ4n) is 2.47. The number of halogens is 2. The summed E-state index contributed by atoms with van der Waals surface area (Å²) in [5.74, 6) is 2.41. The Morgan fingerprint density at radius 2 is 2.30 bits per heavy atom. The van der Waals surface area contributed by atoms with Crippen LogP contribution in [0.2, 0.25) is 5.02 Å². The molecule has 0 amide bonds. The second kappa shape index (κ2) is 7.41. The van der Waals surface area contributed by atoms with Gasteiger partial charge in [0, 0.05) is 23.5 Å². The molecule has 0 unspecified atom stereocenters. The molecule has 1 aliphatic rings. The van der Waals surface area contributed by atoms with E-state index in [1.54, 1.807) is 6.07 Å². The summed E-state index contributed by atoms with van der Waals surface area (Å²) in [6, 6.07) is 8.61. The van der Waals surface area contributed by atoms with Gasteiger partial charge in [0.05, 0.1) is 6.04 Å². The number of thioether (sulfide) groups is 1. The lowest BCUT2D eigenvalue weighted by molar-refractivity contribution is 0.323. The molecule has 2 heterocycles. The van der Waals surface area contributed by atoms with E-state index in [0.29, 0.717) is 24.1 Å². The first kappa shape index (κ1) is 16.4. The Hall–Kier alpha value is -1.46. The SMILES string of the molecule is CCSC[C@@H]1COC(c2cccn2Cc2ccc(F)cc2Cl)=N1. The van der Waals surface area contributed by atoms with Crippen molar-refractivity contribution in [2.45, 2.75) is 19.5 Å². The first-order valence-corrected chi connectivity index (χ1v) is 9.08. The first-order valence-electron chi connectivity index (χ1n) is 7.55. The van der Waals surface area contributed by atoms with Gasteiger partial charge in [-0.15, -0.1) is 0 Å². The summed E-state index contributed by atoms with van der Waals surface area (Å²) in [7, 11) is 0. The van der Waals surface area contributed by atoms with E-state index in [4.69, 9.17) is 16.3 Å². The van der Waals surface area contributed by atoms with Crippen LogP contribution in [0.5, 0.6) is 0 Å². The fourth-order valence-corrected chi connectivity index (χ4v) is 3.38. The molecule has 0 spiro atoms. The van der Waals surface area contributed by atoms with Crippen molar-refractivity contribution in [3.8, 4) is 0 Å². The van der Waals surface area contributed by atoms with Gasteiger partial charge in [-0.1, -0.05) is 24.6 Å². The summed E-state index contributed by atoms with van der Waals surface area (Å²) >= 11 is 7.99. The monoisotopic (exact) mass is 352 g/mol. The molecule has 1 aliphatic heterocycles. The second-order valence-electron chi connectivity index (χ2n) is 5.32. The molecule has 0 fully saturated rings. The van der Waals surface area contributed by atoms with Crippen LogP contribution in [-0.2, 0) is 11.3 Å². The number of aliphatic imine (C=N–C) groups is 1. The van der Waals surface area contributed by atoms with Crippen LogP contribution in [0, 0.1) is 5.82 Å². The molecule has 0 aliphatic carbocycles. The van der Waals surface area contributed by atoms with Gasteiger partial charge in [0.15, 0.2) is 0 Å². The predicted octanol–water partition coefficient (Wildman–Crippen LogP) is 4.23. The largest absolute Gasteiger partial charge is 0.474 e. The fraction of sp³-hybridized carbons (Fsp3) is 0.353. The van der Waals surface area contributed by atoms with Crippen molar-refractivity contribution in [2.75, 3.05) is 18.1 Å². The quantitative estimate of drug-likeness (QED) is 0.777. The van der Waals surface area contributed by atoms with Crippen molar-refractivity contribution in [2.24, 2.45) is 4.99 Å². The van der Waals surface area contributed by atoms with E-state index in [9.17, 15) is 4.39 Å². The minimum Gasteiger partial charge on any atom is -0.474 e. The Balaban J connectivity index is 1.77. The maximum absolute atomic E-state index is 13.2. The molecule has 0 N–H and O–H groups in total. The maximum atomic E-state index is 13.2. The van der Waals surface area contributed by atoms with Crippen molar-refractivity contribution in [1.82, 2.24) is 4.57 Å². The van der Waals surface area contributed by atoms with E-state index in [0.717, 1.165) is 22.8 Å².